The summed E-state index contributed by atoms with van der Waals surface area (Å²) in [5.74, 6) is -1.64. The lowest BCUT2D eigenvalue weighted by Crippen LogP contribution is -2.42. The fourth-order valence-corrected chi connectivity index (χ4v) is 3.47. The number of aryl methyl sites for hydroxylation is 1. The molecule has 1 atom stereocenters. The average molecular weight is 559 g/mol. The summed E-state index contributed by atoms with van der Waals surface area (Å²) in [6.45, 7) is 1.33. The molecule has 0 saturated carbocycles. The van der Waals surface area contributed by atoms with Gasteiger partial charge in [-0.1, -0.05) is 12.1 Å². The maximum absolute atomic E-state index is 13.8. The number of ether oxygens (including phenoxy) is 1. The molecule has 0 fully saturated rings. The first-order chi connectivity index (χ1) is 15.7. The van der Waals surface area contributed by atoms with E-state index in [9.17, 15) is 18.4 Å². The van der Waals surface area contributed by atoms with Crippen LogP contribution in [0.15, 0.2) is 57.8 Å². The van der Waals surface area contributed by atoms with Crippen LogP contribution in [0.5, 0.6) is 5.75 Å². The Morgan fingerprint density at radius 3 is 2.50 bits per heavy atom. The number of nitrogens with one attached hydrogen (secondary N) is 1. The maximum Gasteiger partial charge on any atom is 0.273 e. The minimum atomic E-state index is -0.983. The molecule has 0 radical (unpaired) electrons. The van der Waals surface area contributed by atoms with Crippen molar-refractivity contribution in [3.63, 3.8) is 0 Å². The SMILES string of the molecule is Cc1cc(OCc2ccc(F)cc2F)c(Br)c(=O)n1-c1ccc(CNC(=O)[C@@H](N)CO)cc1.Cl. The number of hydrogen-bond acceptors (Lipinski definition) is 5. The lowest BCUT2D eigenvalue weighted by Gasteiger charge is -2.15. The van der Waals surface area contributed by atoms with Crippen molar-refractivity contribution in [1.82, 2.24) is 9.88 Å². The van der Waals surface area contributed by atoms with Crippen LogP contribution in [0.3, 0.4) is 0 Å². The van der Waals surface area contributed by atoms with Crippen molar-refractivity contribution >= 4 is 34.2 Å². The zero-order valence-corrected chi connectivity index (χ0v) is 20.5. The van der Waals surface area contributed by atoms with E-state index in [1.54, 1.807) is 37.3 Å². The first kappa shape index (κ1) is 27.5. The van der Waals surface area contributed by atoms with Gasteiger partial charge in [-0.25, -0.2) is 8.78 Å². The Kier molecular flexibility index (Phi) is 9.75. The number of aromatic nitrogens is 1. The minimum absolute atomic E-state index is 0. The second-order valence-corrected chi connectivity index (χ2v) is 8.10. The number of carbonyl (C=O) groups excluding carboxylic acids is 1. The molecule has 4 N–H and O–H groups in total. The zero-order chi connectivity index (χ0) is 24.1. The van der Waals surface area contributed by atoms with Crippen LogP contribution >= 0.6 is 28.3 Å². The average Bonchev–Trinajstić information content (AvgIpc) is 2.80. The van der Waals surface area contributed by atoms with Gasteiger partial charge in [0, 0.05) is 35.6 Å². The molecule has 34 heavy (non-hydrogen) atoms. The van der Waals surface area contributed by atoms with Crippen LogP contribution in [-0.2, 0) is 17.9 Å². The van der Waals surface area contributed by atoms with Gasteiger partial charge >= 0.3 is 0 Å². The van der Waals surface area contributed by atoms with Crippen molar-refractivity contribution in [3.8, 4) is 11.4 Å². The Balaban J connectivity index is 0.00000408. The van der Waals surface area contributed by atoms with Gasteiger partial charge in [-0.05, 0) is 52.7 Å². The van der Waals surface area contributed by atoms with Crippen LogP contribution in [0.25, 0.3) is 5.69 Å². The Hall–Kier alpha value is -2.79. The highest BCUT2D eigenvalue weighted by Gasteiger charge is 2.15. The predicted octanol–water partition coefficient (Wildman–Crippen LogP) is 3.12. The fraction of sp³-hybridized carbons (Fsp3) is 0.217. The van der Waals surface area contributed by atoms with Crippen molar-refractivity contribution in [2.24, 2.45) is 5.73 Å². The molecule has 0 aliphatic rings. The molecule has 3 aromatic rings. The Morgan fingerprint density at radius 1 is 1.21 bits per heavy atom. The Labute approximate surface area is 209 Å². The quantitative estimate of drug-likeness (QED) is 0.394. The third kappa shape index (κ3) is 6.41. The molecule has 11 heteroatoms. The molecule has 1 amide bonds. The van der Waals surface area contributed by atoms with Gasteiger partial charge in [0.1, 0.15) is 34.5 Å². The molecule has 0 spiro atoms. The van der Waals surface area contributed by atoms with E-state index in [-0.39, 0.29) is 46.9 Å². The van der Waals surface area contributed by atoms with Gasteiger partial charge < -0.3 is 20.9 Å². The summed E-state index contributed by atoms with van der Waals surface area (Å²) in [6, 6.07) is 10.8. The van der Waals surface area contributed by atoms with Gasteiger partial charge in [-0.15, -0.1) is 12.4 Å². The van der Waals surface area contributed by atoms with E-state index >= 15 is 0 Å². The molecule has 2 aromatic carbocycles. The van der Waals surface area contributed by atoms with Crippen molar-refractivity contribution in [2.75, 3.05) is 6.61 Å². The molecule has 0 bridgehead atoms. The normalized spacial score (nSPS) is 11.5. The summed E-state index contributed by atoms with van der Waals surface area (Å²) in [5.41, 5.74) is 7.20. The van der Waals surface area contributed by atoms with Crippen LogP contribution in [-0.4, -0.2) is 28.2 Å². The number of amides is 1. The van der Waals surface area contributed by atoms with Crippen molar-refractivity contribution < 1.29 is 23.4 Å². The molecule has 3 rings (SSSR count). The van der Waals surface area contributed by atoms with Crippen LogP contribution in [0, 0.1) is 18.6 Å². The van der Waals surface area contributed by atoms with Gasteiger partial charge in [-0.3, -0.25) is 14.2 Å². The lowest BCUT2D eigenvalue weighted by atomic mass is 10.2. The van der Waals surface area contributed by atoms with Crippen LogP contribution < -0.4 is 21.3 Å². The molecule has 7 nitrogen and oxygen atoms in total. The number of aliphatic hydroxyl groups excluding tert-OH is 1. The van der Waals surface area contributed by atoms with E-state index < -0.39 is 30.2 Å². The summed E-state index contributed by atoms with van der Waals surface area (Å²) in [7, 11) is 0. The molecule has 182 valence electrons. The van der Waals surface area contributed by atoms with Crippen LogP contribution in [0.2, 0.25) is 0 Å². The lowest BCUT2D eigenvalue weighted by molar-refractivity contribution is -0.123. The van der Waals surface area contributed by atoms with E-state index in [0.29, 0.717) is 11.4 Å². The number of pyridine rings is 1. The second kappa shape index (κ2) is 12.1. The topological polar surface area (TPSA) is 107 Å². The molecular formula is C23H23BrClF2N3O4. The minimum Gasteiger partial charge on any atom is -0.487 e. The molecule has 0 aliphatic heterocycles. The third-order valence-electron chi connectivity index (χ3n) is 4.89. The van der Waals surface area contributed by atoms with Gasteiger partial charge in [0.15, 0.2) is 0 Å². The number of nitrogens with zero attached hydrogens (tertiary/aromatic N) is 1. The largest absolute Gasteiger partial charge is 0.487 e. The highest BCUT2D eigenvalue weighted by Crippen LogP contribution is 2.25. The maximum atomic E-state index is 13.8. The first-order valence-electron chi connectivity index (χ1n) is 9.93. The number of hydrogen-bond donors (Lipinski definition) is 3. The third-order valence-corrected chi connectivity index (χ3v) is 5.62. The number of aliphatic hydroxyl groups is 1. The zero-order valence-electron chi connectivity index (χ0n) is 18.1. The van der Waals surface area contributed by atoms with Gasteiger partial charge in [0.05, 0.1) is 6.61 Å². The standard InChI is InChI=1S/C23H22BrF2N3O4.ClH/c1-13-8-20(33-12-15-4-5-16(25)9-18(15)26)21(24)23(32)29(13)17-6-2-14(3-7-17)10-28-22(31)19(27)11-30;/h2-9,19,30H,10-12,27H2,1H3,(H,28,31);1H/t19-;/m0./s1. The Morgan fingerprint density at radius 2 is 1.88 bits per heavy atom. The van der Waals surface area contributed by atoms with Gasteiger partial charge in [0.25, 0.3) is 5.56 Å². The number of benzene rings is 2. The van der Waals surface area contributed by atoms with E-state index in [0.717, 1.165) is 17.7 Å². The molecule has 1 aromatic heterocycles. The summed E-state index contributed by atoms with van der Waals surface area (Å²) in [5, 5.41) is 11.5. The smallest absolute Gasteiger partial charge is 0.273 e. The predicted molar refractivity (Wildman–Crippen MR) is 129 cm³/mol. The molecule has 1 heterocycles. The number of rotatable bonds is 8. The van der Waals surface area contributed by atoms with Gasteiger partial charge in [-0.2, -0.15) is 0 Å². The first-order valence-corrected chi connectivity index (χ1v) is 10.7. The summed E-state index contributed by atoms with van der Waals surface area (Å²) >= 11 is 3.25. The molecular weight excluding hydrogens is 536 g/mol. The Bertz CT molecular complexity index is 1220. The van der Waals surface area contributed by atoms with E-state index in [1.165, 1.54) is 10.6 Å². The summed E-state index contributed by atoms with van der Waals surface area (Å²) < 4.78 is 34.2. The second-order valence-electron chi connectivity index (χ2n) is 7.30. The molecule has 0 aliphatic carbocycles. The summed E-state index contributed by atoms with van der Waals surface area (Å²) in [4.78, 5) is 24.6. The number of nitrogens with two attached hydrogens (primary N) is 1. The van der Waals surface area contributed by atoms with Crippen LogP contribution in [0.4, 0.5) is 8.78 Å². The van der Waals surface area contributed by atoms with Crippen molar-refractivity contribution in [2.45, 2.75) is 26.1 Å². The summed E-state index contributed by atoms with van der Waals surface area (Å²) in [6.07, 6.45) is 0. The van der Waals surface area contributed by atoms with E-state index in [1.807, 2.05) is 0 Å². The van der Waals surface area contributed by atoms with Crippen molar-refractivity contribution in [1.29, 1.82) is 0 Å². The van der Waals surface area contributed by atoms with E-state index in [4.69, 9.17) is 15.6 Å². The van der Waals surface area contributed by atoms with E-state index in [2.05, 4.69) is 21.2 Å². The highest BCUT2D eigenvalue weighted by molar-refractivity contribution is 9.10. The monoisotopic (exact) mass is 557 g/mol. The number of carbonyl (C=O) groups is 1. The fourth-order valence-electron chi connectivity index (χ4n) is 3.07. The number of halogens is 4. The molecule has 0 saturated heterocycles. The van der Waals surface area contributed by atoms with Crippen molar-refractivity contribution in [3.05, 3.63) is 91.8 Å². The molecule has 0 unspecified atom stereocenters. The van der Waals surface area contributed by atoms with Crippen LogP contribution in [0.1, 0.15) is 16.8 Å². The van der Waals surface area contributed by atoms with Gasteiger partial charge in [0.2, 0.25) is 5.91 Å². The highest BCUT2D eigenvalue weighted by atomic mass is 79.9.